The zero-order chi connectivity index (χ0) is 30.1. The molecule has 1 aliphatic heterocycles. The Bertz CT molecular complexity index is 1260. The molecule has 41 heavy (non-hydrogen) atoms. The molecular formula is C29H36ClF3N4O4. The maximum atomic E-state index is 14.1. The molecule has 1 N–H and O–H groups in total. The minimum atomic E-state index is -5.21. The molecule has 0 radical (unpaired) electrons. The van der Waals surface area contributed by atoms with Gasteiger partial charge in [0.05, 0.1) is 12.7 Å². The lowest BCUT2D eigenvalue weighted by Crippen LogP contribution is -2.56. The summed E-state index contributed by atoms with van der Waals surface area (Å²) in [6.07, 6.45) is -1.70. The third-order valence-corrected chi connectivity index (χ3v) is 8.65. The van der Waals surface area contributed by atoms with Crippen molar-refractivity contribution < 1.29 is 32.6 Å². The van der Waals surface area contributed by atoms with Crippen LogP contribution >= 0.6 is 11.6 Å². The summed E-state index contributed by atoms with van der Waals surface area (Å²) in [4.78, 5) is 34.3. The number of pyridine rings is 1. The van der Waals surface area contributed by atoms with Gasteiger partial charge in [-0.25, -0.2) is 4.98 Å². The number of alkyl halides is 3. The van der Waals surface area contributed by atoms with Crippen molar-refractivity contribution in [1.82, 2.24) is 14.8 Å². The second kappa shape index (κ2) is 12.1. The first-order valence-electron chi connectivity index (χ1n) is 13.6. The summed E-state index contributed by atoms with van der Waals surface area (Å²) in [6, 6.07) is 8.38. The summed E-state index contributed by atoms with van der Waals surface area (Å²) in [5.74, 6) is 0.201. The fourth-order valence-electron chi connectivity index (χ4n) is 5.93. The Morgan fingerprint density at radius 1 is 1.10 bits per heavy atom. The van der Waals surface area contributed by atoms with Crippen molar-refractivity contribution in [3.63, 3.8) is 0 Å². The second-order valence-electron chi connectivity index (χ2n) is 11.3. The molecule has 224 valence electrons. The van der Waals surface area contributed by atoms with Gasteiger partial charge in [-0.1, -0.05) is 23.7 Å². The maximum absolute atomic E-state index is 14.1. The molecule has 1 atom stereocenters. The third-order valence-electron chi connectivity index (χ3n) is 8.36. The van der Waals surface area contributed by atoms with E-state index in [-0.39, 0.29) is 29.3 Å². The molecule has 1 unspecified atom stereocenters. The van der Waals surface area contributed by atoms with E-state index >= 15 is 0 Å². The van der Waals surface area contributed by atoms with E-state index in [0.717, 1.165) is 61.6 Å². The minimum absolute atomic E-state index is 0.0667. The van der Waals surface area contributed by atoms with Crippen LogP contribution in [0.2, 0.25) is 5.15 Å². The quantitative estimate of drug-likeness (QED) is 0.449. The normalized spacial score (nSPS) is 21.0. The first-order chi connectivity index (χ1) is 19.3. The molecule has 2 aliphatic rings. The number of methoxy groups -OCH3 is 1. The number of hydrogen-bond acceptors (Lipinski definition) is 6. The first kappa shape index (κ1) is 30.9. The minimum Gasteiger partial charge on any atom is -0.497 e. The van der Waals surface area contributed by atoms with Crippen molar-refractivity contribution in [3.8, 4) is 5.75 Å². The van der Waals surface area contributed by atoms with Gasteiger partial charge in [-0.2, -0.15) is 13.2 Å². The van der Waals surface area contributed by atoms with Crippen LogP contribution in [0, 0.1) is 17.8 Å². The molecule has 8 nitrogen and oxygen atoms in total. The standard InChI is InChI=1S/C29H36ClF3N4O4/c1-35(2)26(38)23-8-9-24(34-25(23)30)37-12-10-19(11-13-37)20-14-18(15-20)17-36(3)27(39)28(40,29(31,32)33)21-6-5-7-22(16-21)41-4/h5-9,16,18-20,40H,10-15,17H2,1-4H3. The van der Waals surface area contributed by atoms with Gasteiger partial charge in [-0.15, -0.1) is 0 Å². The Balaban J connectivity index is 1.30. The Kier molecular flexibility index (Phi) is 9.08. The van der Waals surface area contributed by atoms with E-state index in [2.05, 4.69) is 9.88 Å². The molecule has 1 saturated carbocycles. The monoisotopic (exact) mass is 596 g/mol. The fourth-order valence-corrected chi connectivity index (χ4v) is 6.16. The summed E-state index contributed by atoms with van der Waals surface area (Å²) in [5.41, 5.74) is -3.88. The van der Waals surface area contributed by atoms with E-state index in [1.807, 2.05) is 6.07 Å². The van der Waals surface area contributed by atoms with Crippen molar-refractivity contribution in [2.24, 2.45) is 17.8 Å². The number of likely N-dealkylation sites (N-methyl/N-ethyl adjacent to an activating group) is 1. The van der Waals surface area contributed by atoms with Gasteiger partial charge in [0.2, 0.25) is 0 Å². The molecule has 1 saturated heterocycles. The molecule has 0 bridgehead atoms. The molecule has 0 spiro atoms. The highest BCUT2D eigenvalue weighted by atomic mass is 35.5. The smallest absolute Gasteiger partial charge is 0.430 e. The number of piperidine rings is 1. The average molecular weight is 597 g/mol. The molecule has 1 aliphatic carbocycles. The van der Waals surface area contributed by atoms with Gasteiger partial charge in [-0.3, -0.25) is 9.59 Å². The summed E-state index contributed by atoms with van der Waals surface area (Å²) in [7, 11) is 5.92. The molecule has 1 aromatic carbocycles. The highest BCUT2D eigenvalue weighted by Crippen LogP contribution is 2.45. The lowest BCUT2D eigenvalue weighted by atomic mass is 9.66. The highest BCUT2D eigenvalue weighted by Gasteiger charge is 2.62. The van der Waals surface area contributed by atoms with Crippen molar-refractivity contribution in [2.75, 3.05) is 52.8 Å². The molecule has 4 rings (SSSR count). The number of carbonyl (C=O) groups excluding carboxylic acids is 2. The van der Waals surface area contributed by atoms with Crippen LogP contribution in [-0.2, 0) is 10.4 Å². The number of aromatic nitrogens is 1. The molecule has 2 aromatic rings. The highest BCUT2D eigenvalue weighted by molar-refractivity contribution is 6.32. The summed E-state index contributed by atoms with van der Waals surface area (Å²) >= 11 is 6.28. The Labute approximate surface area is 243 Å². The number of rotatable bonds is 8. The second-order valence-corrected chi connectivity index (χ2v) is 11.6. The number of hydrogen-bond donors (Lipinski definition) is 1. The van der Waals surface area contributed by atoms with Crippen molar-refractivity contribution in [2.45, 2.75) is 37.5 Å². The van der Waals surface area contributed by atoms with Gasteiger partial charge in [0.1, 0.15) is 16.7 Å². The SMILES string of the molecule is COc1cccc(C(O)(C(=O)N(C)CC2CC(C3CCN(c4ccc(C(=O)N(C)C)c(Cl)n4)CC3)C2)C(F)(F)F)c1. The molecule has 2 amide bonds. The number of nitrogens with zero attached hydrogens (tertiary/aromatic N) is 4. The lowest BCUT2D eigenvalue weighted by molar-refractivity contribution is -0.261. The van der Waals surface area contributed by atoms with Crippen molar-refractivity contribution >= 4 is 29.2 Å². The van der Waals surface area contributed by atoms with E-state index < -0.39 is 23.2 Å². The zero-order valence-corrected chi connectivity index (χ0v) is 24.4. The Morgan fingerprint density at radius 2 is 1.76 bits per heavy atom. The summed E-state index contributed by atoms with van der Waals surface area (Å²) in [6.45, 7) is 1.71. The van der Waals surface area contributed by atoms with E-state index in [9.17, 15) is 27.9 Å². The van der Waals surface area contributed by atoms with E-state index in [0.29, 0.717) is 17.4 Å². The van der Waals surface area contributed by atoms with Crippen LogP contribution < -0.4 is 9.64 Å². The molecule has 2 heterocycles. The summed E-state index contributed by atoms with van der Waals surface area (Å²) < 4.78 is 47.2. The maximum Gasteiger partial charge on any atom is 0.430 e. The van der Waals surface area contributed by atoms with Crippen LogP contribution in [0.5, 0.6) is 5.75 Å². The van der Waals surface area contributed by atoms with Gasteiger partial charge in [0, 0.05) is 46.3 Å². The van der Waals surface area contributed by atoms with Crippen LogP contribution in [-0.4, -0.2) is 85.8 Å². The number of anilines is 1. The average Bonchev–Trinajstić information content (AvgIpc) is 2.92. The molecular weight excluding hydrogens is 561 g/mol. The predicted molar refractivity (Wildman–Crippen MR) is 149 cm³/mol. The van der Waals surface area contributed by atoms with Gasteiger partial charge in [0.15, 0.2) is 0 Å². The number of aliphatic hydroxyl groups is 1. The number of carbonyl (C=O) groups is 2. The molecule has 2 fully saturated rings. The van der Waals surface area contributed by atoms with E-state index in [1.165, 1.54) is 31.2 Å². The lowest BCUT2D eigenvalue weighted by Gasteiger charge is -2.45. The number of halogens is 4. The van der Waals surface area contributed by atoms with Crippen molar-refractivity contribution in [1.29, 1.82) is 0 Å². The van der Waals surface area contributed by atoms with E-state index in [4.69, 9.17) is 16.3 Å². The van der Waals surface area contributed by atoms with Gasteiger partial charge in [0.25, 0.3) is 17.4 Å². The van der Waals surface area contributed by atoms with Gasteiger partial charge >= 0.3 is 6.18 Å². The number of ether oxygens (including phenoxy) is 1. The number of amides is 2. The van der Waals surface area contributed by atoms with Crippen LogP contribution in [0.3, 0.4) is 0 Å². The van der Waals surface area contributed by atoms with Crippen LogP contribution in [0.4, 0.5) is 19.0 Å². The fraction of sp³-hybridized carbons (Fsp3) is 0.552. The van der Waals surface area contributed by atoms with E-state index in [1.54, 1.807) is 20.2 Å². The van der Waals surface area contributed by atoms with Crippen LogP contribution in [0.15, 0.2) is 36.4 Å². The molecule has 12 heteroatoms. The molecule has 1 aromatic heterocycles. The topological polar surface area (TPSA) is 86.2 Å². The largest absolute Gasteiger partial charge is 0.497 e. The first-order valence-corrected chi connectivity index (χ1v) is 14.0. The van der Waals surface area contributed by atoms with Crippen LogP contribution in [0.25, 0.3) is 0 Å². The Hall–Kier alpha value is -3.05. The predicted octanol–water partition coefficient (Wildman–Crippen LogP) is 4.60. The third kappa shape index (κ3) is 6.25. The van der Waals surface area contributed by atoms with Crippen LogP contribution in [0.1, 0.15) is 41.6 Å². The van der Waals surface area contributed by atoms with Gasteiger partial charge < -0.3 is 24.5 Å². The summed E-state index contributed by atoms with van der Waals surface area (Å²) in [5, 5.41) is 10.9. The van der Waals surface area contributed by atoms with Gasteiger partial charge in [-0.05, 0) is 67.7 Å². The van der Waals surface area contributed by atoms with Crippen molar-refractivity contribution in [3.05, 3.63) is 52.7 Å². The number of benzene rings is 1. The zero-order valence-electron chi connectivity index (χ0n) is 23.6. The Morgan fingerprint density at radius 3 is 2.32 bits per heavy atom.